The topological polar surface area (TPSA) is 82.5 Å². The first-order valence-electron chi connectivity index (χ1n) is 5.86. The second-order valence-electron chi connectivity index (χ2n) is 4.24. The highest BCUT2D eigenvalue weighted by Gasteiger charge is 2.17. The predicted octanol–water partition coefficient (Wildman–Crippen LogP) is 1.64. The Kier molecular flexibility index (Phi) is 2.79. The predicted molar refractivity (Wildman–Crippen MR) is 66.1 cm³/mol. The molecule has 0 saturated carbocycles. The van der Waals surface area contributed by atoms with Gasteiger partial charge in [0.2, 0.25) is 5.82 Å². The van der Waals surface area contributed by atoms with Crippen LogP contribution in [0.5, 0.6) is 0 Å². The molecule has 0 aliphatic carbocycles. The van der Waals surface area contributed by atoms with Crippen LogP contribution in [-0.4, -0.2) is 30.1 Å². The maximum atomic E-state index is 5.25. The van der Waals surface area contributed by atoms with Crippen molar-refractivity contribution in [1.82, 2.24) is 30.1 Å². The van der Waals surface area contributed by atoms with Gasteiger partial charge in [0.25, 0.3) is 5.89 Å². The average Bonchev–Trinajstić information content (AvgIpc) is 3.08. The van der Waals surface area contributed by atoms with Crippen molar-refractivity contribution in [2.45, 2.75) is 19.9 Å². The first-order valence-corrected chi connectivity index (χ1v) is 5.86. The first kappa shape index (κ1) is 11.5. The molecule has 0 aliphatic heterocycles. The molecule has 3 aromatic heterocycles. The van der Waals surface area contributed by atoms with Gasteiger partial charge in [0.05, 0.1) is 6.20 Å². The van der Waals surface area contributed by atoms with Crippen LogP contribution in [0.2, 0.25) is 0 Å². The Bertz CT molecular complexity index is 674. The van der Waals surface area contributed by atoms with Crippen molar-refractivity contribution in [3.63, 3.8) is 0 Å². The third-order valence-electron chi connectivity index (χ3n) is 2.73. The lowest BCUT2D eigenvalue weighted by molar-refractivity contribution is 0.336. The van der Waals surface area contributed by atoms with E-state index in [0.29, 0.717) is 17.4 Å². The lowest BCUT2D eigenvalue weighted by Crippen LogP contribution is -2.07. The standard InChI is InChI=1S/C12H12N6O/c1-8-6-14-18(7-8)9(2)12-15-11(17-19-12)10-4-3-5-13-16-10/h3-7,9H,1-2H3. The summed E-state index contributed by atoms with van der Waals surface area (Å²) in [5.41, 5.74) is 1.67. The van der Waals surface area contributed by atoms with Gasteiger partial charge in [0.15, 0.2) is 0 Å². The molecule has 0 aromatic carbocycles. The molecule has 0 radical (unpaired) electrons. The first-order chi connectivity index (χ1) is 9.24. The minimum atomic E-state index is -0.119. The van der Waals surface area contributed by atoms with Crippen molar-refractivity contribution in [2.24, 2.45) is 0 Å². The molecule has 3 heterocycles. The van der Waals surface area contributed by atoms with Gasteiger partial charge in [0, 0.05) is 12.4 Å². The Hall–Kier alpha value is -2.57. The van der Waals surface area contributed by atoms with E-state index in [1.165, 1.54) is 0 Å². The van der Waals surface area contributed by atoms with E-state index in [9.17, 15) is 0 Å². The quantitative estimate of drug-likeness (QED) is 0.708. The highest BCUT2D eigenvalue weighted by atomic mass is 16.5. The summed E-state index contributed by atoms with van der Waals surface area (Å²) in [6.07, 6.45) is 5.31. The van der Waals surface area contributed by atoms with Crippen LogP contribution in [0.4, 0.5) is 0 Å². The molecule has 0 bridgehead atoms. The Labute approximate surface area is 109 Å². The lowest BCUT2D eigenvalue weighted by atomic mass is 10.3. The molecule has 0 spiro atoms. The molecule has 3 aromatic rings. The number of aryl methyl sites for hydroxylation is 1. The fraction of sp³-hybridized carbons (Fsp3) is 0.250. The summed E-state index contributed by atoms with van der Waals surface area (Å²) in [6.45, 7) is 3.93. The summed E-state index contributed by atoms with van der Waals surface area (Å²) in [7, 11) is 0. The van der Waals surface area contributed by atoms with Gasteiger partial charge >= 0.3 is 0 Å². The molecular formula is C12H12N6O. The zero-order valence-electron chi connectivity index (χ0n) is 10.6. The lowest BCUT2D eigenvalue weighted by Gasteiger charge is -2.05. The van der Waals surface area contributed by atoms with E-state index < -0.39 is 0 Å². The van der Waals surface area contributed by atoms with E-state index >= 15 is 0 Å². The van der Waals surface area contributed by atoms with E-state index in [-0.39, 0.29) is 6.04 Å². The van der Waals surface area contributed by atoms with E-state index in [4.69, 9.17) is 4.52 Å². The average molecular weight is 256 g/mol. The number of nitrogens with zero attached hydrogens (tertiary/aromatic N) is 6. The van der Waals surface area contributed by atoms with E-state index in [1.807, 2.05) is 20.0 Å². The van der Waals surface area contributed by atoms with Gasteiger partial charge in [-0.15, -0.1) is 5.10 Å². The highest BCUT2D eigenvalue weighted by Crippen LogP contribution is 2.19. The molecule has 7 heteroatoms. The maximum absolute atomic E-state index is 5.25. The number of aromatic nitrogens is 6. The molecule has 1 atom stereocenters. The third kappa shape index (κ3) is 2.22. The Morgan fingerprint density at radius 1 is 1.37 bits per heavy atom. The minimum absolute atomic E-state index is 0.119. The Balaban J connectivity index is 1.89. The largest absolute Gasteiger partial charge is 0.337 e. The summed E-state index contributed by atoms with van der Waals surface area (Å²) in [5, 5.41) is 15.9. The molecule has 1 unspecified atom stereocenters. The molecule has 3 rings (SSSR count). The Morgan fingerprint density at radius 2 is 2.26 bits per heavy atom. The van der Waals surface area contributed by atoms with Crippen LogP contribution in [0.1, 0.15) is 24.4 Å². The van der Waals surface area contributed by atoms with E-state index in [1.54, 1.807) is 29.2 Å². The van der Waals surface area contributed by atoms with Gasteiger partial charge in [-0.05, 0) is 31.5 Å². The molecular weight excluding hydrogens is 244 g/mol. The summed E-state index contributed by atoms with van der Waals surface area (Å²) in [4.78, 5) is 4.32. The molecule has 0 fully saturated rings. The second kappa shape index (κ2) is 4.60. The molecule has 7 nitrogen and oxygen atoms in total. The summed E-state index contributed by atoms with van der Waals surface area (Å²) in [6, 6.07) is 3.44. The summed E-state index contributed by atoms with van der Waals surface area (Å²) < 4.78 is 7.04. The Morgan fingerprint density at radius 3 is 2.95 bits per heavy atom. The zero-order chi connectivity index (χ0) is 13.2. The van der Waals surface area contributed by atoms with Crippen molar-refractivity contribution in [2.75, 3.05) is 0 Å². The number of hydrogen-bond acceptors (Lipinski definition) is 6. The van der Waals surface area contributed by atoms with Gasteiger partial charge < -0.3 is 4.52 Å². The van der Waals surface area contributed by atoms with Crippen LogP contribution >= 0.6 is 0 Å². The summed E-state index contributed by atoms with van der Waals surface area (Å²) >= 11 is 0. The monoisotopic (exact) mass is 256 g/mol. The molecule has 19 heavy (non-hydrogen) atoms. The van der Waals surface area contributed by atoms with Crippen molar-refractivity contribution in [3.05, 3.63) is 42.2 Å². The van der Waals surface area contributed by atoms with Gasteiger partial charge in [-0.1, -0.05) is 5.16 Å². The van der Waals surface area contributed by atoms with Gasteiger partial charge in [0.1, 0.15) is 11.7 Å². The normalized spacial score (nSPS) is 12.5. The number of hydrogen-bond donors (Lipinski definition) is 0. The summed E-state index contributed by atoms with van der Waals surface area (Å²) in [5.74, 6) is 0.919. The van der Waals surface area contributed by atoms with E-state index in [2.05, 4.69) is 25.4 Å². The van der Waals surface area contributed by atoms with Crippen LogP contribution < -0.4 is 0 Å². The molecule has 96 valence electrons. The van der Waals surface area contributed by atoms with Crippen molar-refractivity contribution in [1.29, 1.82) is 0 Å². The number of rotatable bonds is 3. The van der Waals surface area contributed by atoms with Crippen molar-refractivity contribution < 1.29 is 4.52 Å². The van der Waals surface area contributed by atoms with Crippen LogP contribution in [0.15, 0.2) is 35.2 Å². The maximum Gasteiger partial charge on any atom is 0.251 e. The van der Waals surface area contributed by atoms with Crippen LogP contribution in [0.3, 0.4) is 0 Å². The van der Waals surface area contributed by atoms with Crippen molar-refractivity contribution >= 4 is 0 Å². The van der Waals surface area contributed by atoms with Crippen molar-refractivity contribution in [3.8, 4) is 11.5 Å². The van der Waals surface area contributed by atoms with Gasteiger partial charge in [-0.25, -0.2) is 0 Å². The molecule has 0 aliphatic rings. The minimum Gasteiger partial charge on any atom is -0.337 e. The zero-order valence-corrected chi connectivity index (χ0v) is 10.6. The smallest absolute Gasteiger partial charge is 0.251 e. The fourth-order valence-corrected chi connectivity index (χ4v) is 1.69. The fourth-order valence-electron chi connectivity index (χ4n) is 1.69. The van der Waals surface area contributed by atoms with E-state index in [0.717, 1.165) is 5.56 Å². The van der Waals surface area contributed by atoms with Gasteiger partial charge in [-0.2, -0.15) is 15.2 Å². The second-order valence-corrected chi connectivity index (χ2v) is 4.24. The molecule has 0 saturated heterocycles. The third-order valence-corrected chi connectivity index (χ3v) is 2.73. The van der Waals surface area contributed by atoms with Crippen LogP contribution in [-0.2, 0) is 0 Å². The SMILES string of the molecule is Cc1cnn(C(C)c2nc(-c3cccnn3)no2)c1. The molecule has 0 N–H and O–H groups in total. The highest BCUT2D eigenvalue weighted by molar-refractivity contribution is 5.46. The molecule has 0 amide bonds. The van der Waals surface area contributed by atoms with Crippen LogP contribution in [0, 0.1) is 6.92 Å². The van der Waals surface area contributed by atoms with Gasteiger partial charge in [-0.3, -0.25) is 4.68 Å². The van der Waals surface area contributed by atoms with Crippen LogP contribution in [0.25, 0.3) is 11.5 Å².